The van der Waals surface area contributed by atoms with Gasteiger partial charge in [-0.2, -0.15) is 0 Å². The molecule has 2 heteroatoms. The molecule has 0 aromatic rings. The van der Waals surface area contributed by atoms with E-state index in [2.05, 4.69) is 18.6 Å². The molecule has 0 unspecified atom stereocenters. The van der Waals surface area contributed by atoms with Crippen molar-refractivity contribution in [1.82, 2.24) is 4.72 Å². The third-order valence-electron chi connectivity index (χ3n) is 2.02. The molecule has 0 bridgehead atoms. The van der Waals surface area contributed by atoms with Gasteiger partial charge in [0.05, 0.1) is 0 Å². The second-order valence-corrected chi connectivity index (χ2v) is 4.79. The first-order chi connectivity index (χ1) is 5.29. The van der Waals surface area contributed by atoms with Gasteiger partial charge in [-0.25, -0.2) is 0 Å². The predicted molar refractivity (Wildman–Crippen MR) is 52.7 cm³/mol. The van der Waals surface area contributed by atoms with Crippen LogP contribution in [0.2, 0.25) is 0 Å². The van der Waals surface area contributed by atoms with Crippen molar-refractivity contribution in [2.45, 2.75) is 57.2 Å². The minimum atomic E-state index is 0.627. The van der Waals surface area contributed by atoms with E-state index in [-0.39, 0.29) is 0 Å². The van der Waals surface area contributed by atoms with E-state index in [9.17, 15) is 0 Å². The van der Waals surface area contributed by atoms with Crippen LogP contribution in [-0.2, 0) is 0 Å². The fourth-order valence-electron chi connectivity index (χ4n) is 1.42. The molecule has 1 fully saturated rings. The van der Waals surface area contributed by atoms with Crippen molar-refractivity contribution in [3.8, 4) is 0 Å². The van der Waals surface area contributed by atoms with Gasteiger partial charge in [-0.1, -0.05) is 31.2 Å². The second-order valence-electron chi connectivity index (χ2n) is 3.65. The van der Waals surface area contributed by atoms with Gasteiger partial charge in [0.25, 0.3) is 0 Å². The number of hydrogen-bond donors (Lipinski definition) is 1. The maximum absolute atomic E-state index is 3.43. The van der Waals surface area contributed by atoms with Gasteiger partial charge < -0.3 is 0 Å². The average molecular weight is 173 g/mol. The molecule has 0 aromatic carbocycles. The number of hydrogen-bond acceptors (Lipinski definition) is 2. The van der Waals surface area contributed by atoms with E-state index < -0.39 is 0 Å². The standard InChI is InChI=1S/C9H19NS/c1-8(2)10-11-9-6-4-3-5-7-9/h8-10H,3-7H2,1-2H3. The highest BCUT2D eigenvalue weighted by Crippen LogP contribution is 2.26. The highest BCUT2D eigenvalue weighted by molar-refractivity contribution is 7.98. The van der Waals surface area contributed by atoms with Crippen molar-refractivity contribution in [2.24, 2.45) is 0 Å². The second kappa shape index (κ2) is 5.04. The van der Waals surface area contributed by atoms with Crippen LogP contribution in [0.25, 0.3) is 0 Å². The molecule has 0 aliphatic heterocycles. The van der Waals surface area contributed by atoms with E-state index >= 15 is 0 Å². The molecule has 0 atom stereocenters. The zero-order valence-electron chi connectivity index (χ0n) is 7.60. The molecule has 11 heavy (non-hydrogen) atoms. The van der Waals surface area contributed by atoms with Gasteiger partial charge in [0.15, 0.2) is 0 Å². The molecule has 66 valence electrons. The largest absolute Gasteiger partial charge is 0.261 e. The summed E-state index contributed by atoms with van der Waals surface area (Å²) in [5, 5.41) is 0.895. The first-order valence-electron chi connectivity index (χ1n) is 4.70. The Kier molecular flexibility index (Phi) is 4.31. The highest BCUT2D eigenvalue weighted by Gasteiger charge is 2.13. The van der Waals surface area contributed by atoms with Crippen molar-refractivity contribution in [1.29, 1.82) is 0 Å². The molecular formula is C9H19NS. The van der Waals surface area contributed by atoms with Crippen molar-refractivity contribution in [3.05, 3.63) is 0 Å². The highest BCUT2D eigenvalue weighted by atomic mass is 32.2. The normalized spacial score (nSPS) is 21.0. The summed E-state index contributed by atoms with van der Waals surface area (Å²) in [6.07, 6.45) is 7.18. The van der Waals surface area contributed by atoms with E-state index in [1.54, 1.807) is 0 Å². The van der Waals surface area contributed by atoms with Crippen molar-refractivity contribution >= 4 is 11.9 Å². The van der Waals surface area contributed by atoms with Gasteiger partial charge in [0, 0.05) is 11.3 Å². The summed E-state index contributed by atoms with van der Waals surface area (Å²) in [5.41, 5.74) is 0. The summed E-state index contributed by atoms with van der Waals surface area (Å²) in [7, 11) is 0. The SMILES string of the molecule is CC(C)NSC1CCCCC1. The van der Waals surface area contributed by atoms with Gasteiger partial charge >= 0.3 is 0 Å². The van der Waals surface area contributed by atoms with E-state index in [1.807, 2.05) is 11.9 Å². The maximum atomic E-state index is 3.43. The van der Waals surface area contributed by atoms with Crippen LogP contribution in [0.3, 0.4) is 0 Å². The van der Waals surface area contributed by atoms with Crippen LogP contribution < -0.4 is 4.72 Å². The molecule has 1 aliphatic rings. The summed E-state index contributed by atoms with van der Waals surface area (Å²) >= 11 is 1.96. The molecule has 1 aliphatic carbocycles. The molecule has 0 amide bonds. The molecule has 1 N–H and O–H groups in total. The van der Waals surface area contributed by atoms with Crippen LogP contribution in [0.15, 0.2) is 0 Å². The Morgan fingerprint density at radius 2 is 1.82 bits per heavy atom. The molecule has 0 radical (unpaired) electrons. The Morgan fingerprint density at radius 1 is 1.18 bits per heavy atom. The van der Waals surface area contributed by atoms with Crippen molar-refractivity contribution in [2.75, 3.05) is 0 Å². The Balaban J connectivity index is 2.05. The quantitative estimate of drug-likeness (QED) is 0.659. The fraction of sp³-hybridized carbons (Fsp3) is 1.00. The van der Waals surface area contributed by atoms with Crippen molar-refractivity contribution in [3.63, 3.8) is 0 Å². The minimum absolute atomic E-state index is 0.627. The maximum Gasteiger partial charge on any atom is 0.0193 e. The van der Waals surface area contributed by atoms with Gasteiger partial charge in [0.2, 0.25) is 0 Å². The lowest BCUT2D eigenvalue weighted by atomic mass is 10.0. The molecule has 0 heterocycles. The first kappa shape index (κ1) is 9.40. The molecule has 0 spiro atoms. The lowest BCUT2D eigenvalue weighted by Gasteiger charge is -2.21. The number of nitrogens with one attached hydrogen (secondary N) is 1. The van der Waals surface area contributed by atoms with E-state index in [0.717, 1.165) is 5.25 Å². The molecule has 0 saturated heterocycles. The van der Waals surface area contributed by atoms with Gasteiger partial charge in [0.1, 0.15) is 0 Å². The topological polar surface area (TPSA) is 12.0 Å². The lowest BCUT2D eigenvalue weighted by Crippen LogP contribution is -2.20. The third kappa shape index (κ3) is 4.02. The Hall–Kier alpha value is 0.310. The van der Waals surface area contributed by atoms with Crippen molar-refractivity contribution < 1.29 is 0 Å². The van der Waals surface area contributed by atoms with Crippen LogP contribution in [0, 0.1) is 0 Å². The van der Waals surface area contributed by atoms with E-state index in [0.29, 0.717) is 6.04 Å². The smallest absolute Gasteiger partial charge is 0.0193 e. The Morgan fingerprint density at radius 3 is 2.36 bits per heavy atom. The van der Waals surface area contributed by atoms with Gasteiger partial charge in [-0.3, -0.25) is 4.72 Å². The van der Waals surface area contributed by atoms with Crippen LogP contribution in [0.4, 0.5) is 0 Å². The molecule has 1 nitrogen and oxygen atoms in total. The summed E-state index contributed by atoms with van der Waals surface area (Å²) in [4.78, 5) is 0. The van der Waals surface area contributed by atoms with Crippen LogP contribution in [-0.4, -0.2) is 11.3 Å². The summed E-state index contributed by atoms with van der Waals surface area (Å²) < 4.78 is 3.43. The number of rotatable bonds is 3. The molecular weight excluding hydrogens is 154 g/mol. The first-order valence-corrected chi connectivity index (χ1v) is 5.58. The third-order valence-corrected chi connectivity index (χ3v) is 3.43. The average Bonchev–Trinajstić information content (AvgIpc) is 2.03. The van der Waals surface area contributed by atoms with Crippen LogP contribution in [0.1, 0.15) is 46.0 Å². The zero-order chi connectivity index (χ0) is 8.10. The fourth-order valence-corrected chi connectivity index (χ4v) is 2.45. The van der Waals surface area contributed by atoms with E-state index in [4.69, 9.17) is 0 Å². The van der Waals surface area contributed by atoms with Gasteiger partial charge in [-0.15, -0.1) is 0 Å². The van der Waals surface area contributed by atoms with Crippen LogP contribution in [0.5, 0.6) is 0 Å². The molecule has 1 rings (SSSR count). The summed E-state index contributed by atoms with van der Waals surface area (Å²) in [6.45, 7) is 4.41. The Bertz CT molecular complexity index is 97.7. The van der Waals surface area contributed by atoms with E-state index in [1.165, 1.54) is 32.1 Å². The Labute approximate surface area is 74.5 Å². The monoisotopic (exact) mass is 173 g/mol. The molecule has 0 aromatic heterocycles. The zero-order valence-corrected chi connectivity index (χ0v) is 8.41. The predicted octanol–water partition coefficient (Wildman–Crippen LogP) is 2.97. The van der Waals surface area contributed by atoms with Crippen LogP contribution >= 0.6 is 11.9 Å². The van der Waals surface area contributed by atoms with Gasteiger partial charge in [-0.05, 0) is 26.7 Å². The summed E-state index contributed by atoms with van der Waals surface area (Å²) in [6, 6.07) is 0.627. The minimum Gasteiger partial charge on any atom is -0.261 e. The molecule has 1 saturated carbocycles. The lowest BCUT2D eigenvalue weighted by molar-refractivity contribution is 0.513. The summed E-state index contributed by atoms with van der Waals surface area (Å²) in [5.74, 6) is 0.